The van der Waals surface area contributed by atoms with Crippen LogP contribution in [0.3, 0.4) is 0 Å². The molecule has 1 unspecified atom stereocenters. The number of fused-ring (bicyclic) bond motifs is 1. The molecule has 132 valence electrons. The highest BCUT2D eigenvalue weighted by Gasteiger charge is 2.37. The Labute approximate surface area is 149 Å². The number of nitrogens with one attached hydrogen (secondary N) is 2. The van der Waals surface area contributed by atoms with Gasteiger partial charge >= 0.3 is 0 Å². The summed E-state index contributed by atoms with van der Waals surface area (Å²) in [4.78, 5) is 23.9. The highest BCUT2D eigenvalue weighted by atomic mass is 16.2. The fourth-order valence-corrected chi connectivity index (χ4v) is 3.67. The lowest BCUT2D eigenvalue weighted by Crippen LogP contribution is -2.45. The Hall–Kier alpha value is -2.36. The third-order valence-electron chi connectivity index (χ3n) is 4.87. The van der Waals surface area contributed by atoms with Crippen molar-refractivity contribution in [3.05, 3.63) is 48.0 Å². The highest BCUT2D eigenvalue weighted by molar-refractivity contribution is 5.83. The van der Waals surface area contributed by atoms with E-state index >= 15 is 0 Å². The third-order valence-corrected chi connectivity index (χ3v) is 4.87. The minimum absolute atomic E-state index is 0.0500. The third kappa shape index (κ3) is 4.38. The molecule has 0 saturated carbocycles. The maximum absolute atomic E-state index is 12.0. The van der Waals surface area contributed by atoms with E-state index in [2.05, 4.69) is 41.0 Å². The quantitative estimate of drug-likeness (QED) is 0.849. The summed E-state index contributed by atoms with van der Waals surface area (Å²) in [7, 11) is 0. The minimum atomic E-state index is -0.312. The van der Waals surface area contributed by atoms with E-state index in [1.165, 1.54) is 16.3 Å². The molecule has 25 heavy (non-hydrogen) atoms. The van der Waals surface area contributed by atoms with Crippen LogP contribution >= 0.6 is 0 Å². The molecule has 1 fully saturated rings. The summed E-state index contributed by atoms with van der Waals surface area (Å²) in [6, 6.07) is 14.9. The number of hydrogen-bond acceptors (Lipinski definition) is 2. The first kappa shape index (κ1) is 17.5. The number of hydrogen-bond donors (Lipinski definition) is 2. The Morgan fingerprint density at radius 2 is 1.96 bits per heavy atom. The lowest BCUT2D eigenvalue weighted by Gasteiger charge is -2.29. The zero-order valence-corrected chi connectivity index (χ0v) is 15.0. The zero-order valence-electron chi connectivity index (χ0n) is 15.0. The smallest absolute Gasteiger partial charge is 0.220 e. The second-order valence-electron chi connectivity index (χ2n) is 7.41. The van der Waals surface area contributed by atoms with E-state index in [-0.39, 0.29) is 23.4 Å². The van der Waals surface area contributed by atoms with E-state index in [1.54, 1.807) is 0 Å². The molecule has 0 bridgehead atoms. The lowest BCUT2D eigenvalue weighted by molar-refractivity contribution is -0.123. The average molecular weight is 338 g/mol. The van der Waals surface area contributed by atoms with E-state index in [0.717, 1.165) is 12.8 Å². The van der Waals surface area contributed by atoms with Crippen LogP contribution in [0.5, 0.6) is 0 Å². The molecule has 0 spiro atoms. The van der Waals surface area contributed by atoms with Crippen molar-refractivity contribution in [2.24, 2.45) is 0 Å². The van der Waals surface area contributed by atoms with Crippen LogP contribution in [-0.2, 0) is 16.0 Å². The van der Waals surface area contributed by atoms with Gasteiger partial charge in [-0.3, -0.25) is 9.59 Å². The van der Waals surface area contributed by atoms with Crippen LogP contribution in [0.15, 0.2) is 42.5 Å². The summed E-state index contributed by atoms with van der Waals surface area (Å²) in [5, 5.41) is 8.51. The fraction of sp³-hybridized carbons (Fsp3) is 0.429. The monoisotopic (exact) mass is 338 g/mol. The summed E-state index contributed by atoms with van der Waals surface area (Å²) < 4.78 is 0. The van der Waals surface area contributed by atoms with E-state index in [0.29, 0.717) is 19.3 Å². The molecule has 1 atom stereocenters. The number of rotatable bonds is 6. The van der Waals surface area contributed by atoms with E-state index in [4.69, 9.17) is 0 Å². The Morgan fingerprint density at radius 3 is 2.64 bits per heavy atom. The van der Waals surface area contributed by atoms with Crippen LogP contribution in [0.25, 0.3) is 10.8 Å². The predicted octanol–water partition coefficient (Wildman–Crippen LogP) is 3.34. The SMILES string of the molecule is CC(C)NC(=O)CCC1(Cc2ccc3ccccc3c2)CCC(=O)N1. The second-order valence-corrected chi connectivity index (χ2v) is 7.41. The lowest BCUT2D eigenvalue weighted by atomic mass is 9.84. The second kappa shape index (κ2) is 7.26. The van der Waals surface area contributed by atoms with Crippen LogP contribution in [0, 0.1) is 0 Å². The first-order chi connectivity index (χ1) is 12.0. The van der Waals surface area contributed by atoms with Crippen molar-refractivity contribution >= 4 is 22.6 Å². The van der Waals surface area contributed by atoms with Gasteiger partial charge in [-0.2, -0.15) is 0 Å². The highest BCUT2D eigenvalue weighted by Crippen LogP contribution is 2.30. The summed E-state index contributed by atoms with van der Waals surface area (Å²) >= 11 is 0. The number of benzene rings is 2. The van der Waals surface area contributed by atoms with Crippen LogP contribution in [-0.4, -0.2) is 23.4 Å². The average Bonchev–Trinajstić information content (AvgIpc) is 2.93. The van der Waals surface area contributed by atoms with Crippen LogP contribution in [0.4, 0.5) is 0 Å². The zero-order chi connectivity index (χ0) is 17.9. The molecule has 1 heterocycles. The molecule has 0 radical (unpaired) electrons. The molecule has 2 amide bonds. The maximum Gasteiger partial charge on any atom is 0.220 e. The summed E-state index contributed by atoms with van der Waals surface area (Å²) in [6.07, 6.45) is 3.20. The van der Waals surface area contributed by atoms with E-state index in [1.807, 2.05) is 26.0 Å². The summed E-state index contributed by atoms with van der Waals surface area (Å²) in [5.41, 5.74) is 0.888. The molecular formula is C21H26N2O2. The van der Waals surface area contributed by atoms with E-state index < -0.39 is 0 Å². The van der Waals surface area contributed by atoms with Gasteiger partial charge in [-0.15, -0.1) is 0 Å². The predicted molar refractivity (Wildman–Crippen MR) is 100 cm³/mol. The van der Waals surface area contributed by atoms with Crippen molar-refractivity contribution < 1.29 is 9.59 Å². The maximum atomic E-state index is 12.0. The van der Waals surface area contributed by atoms with Crippen LogP contribution in [0.1, 0.15) is 45.1 Å². The van der Waals surface area contributed by atoms with Crippen LogP contribution < -0.4 is 10.6 Å². The molecule has 1 aliphatic heterocycles. The standard InChI is InChI=1S/C21H26N2O2/c1-15(2)22-19(24)9-11-21(12-10-20(25)23-21)14-16-7-8-17-5-3-4-6-18(17)13-16/h3-8,13,15H,9-12,14H2,1-2H3,(H,22,24)(H,23,25). The molecule has 0 aromatic heterocycles. The summed E-state index contributed by atoms with van der Waals surface area (Å²) in [5.74, 6) is 0.138. The van der Waals surface area contributed by atoms with Crippen molar-refractivity contribution in [2.75, 3.05) is 0 Å². The van der Waals surface area contributed by atoms with Gasteiger partial charge in [0.2, 0.25) is 11.8 Å². The first-order valence-corrected chi connectivity index (χ1v) is 9.04. The number of amides is 2. The van der Waals surface area contributed by atoms with Gasteiger partial charge in [0.15, 0.2) is 0 Å². The minimum Gasteiger partial charge on any atom is -0.354 e. The molecule has 2 N–H and O–H groups in total. The van der Waals surface area contributed by atoms with Gasteiger partial charge in [-0.1, -0.05) is 42.5 Å². The Kier molecular flexibility index (Phi) is 5.07. The van der Waals surface area contributed by atoms with Gasteiger partial charge in [0, 0.05) is 24.4 Å². The first-order valence-electron chi connectivity index (χ1n) is 9.04. The normalized spacial score (nSPS) is 20.0. The molecule has 4 nitrogen and oxygen atoms in total. The molecule has 2 aromatic carbocycles. The van der Waals surface area contributed by atoms with Crippen molar-refractivity contribution in [1.29, 1.82) is 0 Å². The fourth-order valence-electron chi connectivity index (χ4n) is 3.67. The van der Waals surface area contributed by atoms with Gasteiger partial charge in [0.05, 0.1) is 0 Å². The van der Waals surface area contributed by atoms with Crippen LogP contribution in [0.2, 0.25) is 0 Å². The Balaban J connectivity index is 1.75. The van der Waals surface area contributed by atoms with Crippen molar-refractivity contribution in [2.45, 2.75) is 57.5 Å². The number of carbonyl (C=O) groups is 2. The number of carbonyl (C=O) groups excluding carboxylic acids is 2. The molecule has 3 rings (SSSR count). The molecule has 0 aliphatic carbocycles. The van der Waals surface area contributed by atoms with Crippen molar-refractivity contribution in [1.82, 2.24) is 10.6 Å². The Bertz CT molecular complexity index is 784. The molecule has 1 saturated heterocycles. The van der Waals surface area contributed by atoms with Gasteiger partial charge in [0.1, 0.15) is 0 Å². The van der Waals surface area contributed by atoms with E-state index in [9.17, 15) is 9.59 Å². The van der Waals surface area contributed by atoms with Gasteiger partial charge < -0.3 is 10.6 Å². The van der Waals surface area contributed by atoms with Gasteiger partial charge in [0.25, 0.3) is 0 Å². The topological polar surface area (TPSA) is 58.2 Å². The molecule has 1 aliphatic rings. The van der Waals surface area contributed by atoms with Gasteiger partial charge in [-0.05, 0) is 49.4 Å². The van der Waals surface area contributed by atoms with Gasteiger partial charge in [-0.25, -0.2) is 0 Å². The molecular weight excluding hydrogens is 312 g/mol. The molecule has 4 heteroatoms. The Morgan fingerprint density at radius 1 is 1.20 bits per heavy atom. The summed E-state index contributed by atoms with van der Waals surface area (Å²) in [6.45, 7) is 3.92. The molecule has 2 aromatic rings. The largest absolute Gasteiger partial charge is 0.354 e. The van der Waals surface area contributed by atoms with Crippen molar-refractivity contribution in [3.8, 4) is 0 Å². The van der Waals surface area contributed by atoms with Crippen molar-refractivity contribution in [3.63, 3.8) is 0 Å².